The minimum absolute atomic E-state index is 0.0519. The highest BCUT2D eigenvalue weighted by molar-refractivity contribution is 8.15. The molecular weight excluding hydrogens is 346 g/mol. The van der Waals surface area contributed by atoms with Gasteiger partial charge in [0.1, 0.15) is 12.4 Å². The van der Waals surface area contributed by atoms with Gasteiger partial charge in [-0.1, -0.05) is 53.7 Å². The van der Waals surface area contributed by atoms with Gasteiger partial charge in [-0.3, -0.25) is 4.79 Å². The summed E-state index contributed by atoms with van der Waals surface area (Å²) < 4.78 is 5.76. The quantitative estimate of drug-likeness (QED) is 0.656. The molecule has 1 heterocycles. The Kier molecular flexibility index (Phi) is 5.51. The van der Waals surface area contributed by atoms with Gasteiger partial charge in [-0.25, -0.2) is 0 Å². The van der Waals surface area contributed by atoms with Gasteiger partial charge in [-0.15, -0.1) is 5.10 Å². The Morgan fingerprint density at radius 1 is 1.25 bits per heavy atom. The van der Waals surface area contributed by atoms with Gasteiger partial charge in [0.05, 0.1) is 12.0 Å². The molecule has 0 radical (unpaired) electrons. The molecule has 3 rings (SSSR count). The third-order valence-electron chi connectivity index (χ3n) is 3.15. The van der Waals surface area contributed by atoms with Crippen molar-refractivity contribution in [2.45, 2.75) is 6.61 Å². The van der Waals surface area contributed by atoms with Crippen molar-refractivity contribution in [1.82, 2.24) is 5.32 Å². The molecule has 24 heavy (non-hydrogen) atoms. The first kappa shape index (κ1) is 16.5. The van der Waals surface area contributed by atoms with Crippen LogP contribution in [0.25, 0.3) is 0 Å². The van der Waals surface area contributed by atoms with E-state index >= 15 is 0 Å². The van der Waals surface area contributed by atoms with Gasteiger partial charge >= 0.3 is 0 Å². The molecule has 1 N–H and O–H groups in total. The van der Waals surface area contributed by atoms with Crippen molar-refractivity contribution in [2.75, 3.05) is 5.75 Å². The van der Waals surface area contributed by atoms with Gasteiger partial charge in [-0.2, -0.15) is 5.10 Å². The van der Waals surface area contributed by atoms with Crippen LogP contribution in [0, 0.1) is 0 Å². The van der Waals surface area contributed by atoms with Gasteiger partial charge < -0.3 is 10.1 Å². The average Bonchev–Trinajstić information content (AvgIpc) is 3.00. The molecule has 7 heteroatoms. The van der Waals surface area contributed by atoms with Gasteiger partial charge in [0.2, 0.25) is 5.91 Å². The molecule has 0 atom stereocenters. The normalized spacial score (nSPS) is 15.9. The fraction of sp³-hybridized carbons (Fsp3) is 0.118. The molecular formula is C17H14ClN3O2S. The van der Waals surface area contributed by atoms with E-state index in [2.05, 4.69) is 15.5 Å². The number of hydrogen-bond acceptors (Lipinski definition) is 5. The highest BCUT2D eigenvalue weighted by Crippen LogP contribution is 2.19. The lowest BCUT2D eigenvalue weighted by Crippen LogP contribution is -2.19. The number of halogens is 1. The number of hydrogen-bond donors (Lipinski definition) is 1. The Morgan fingerprint density at radius 3 is 2.92 bits per heavy atom. The summed E-state index contributed by atoms with van der Waals surface area (Å²) in [5.41, 5.74) is 1.78. The second-order valence-corrected chi connectivity index (χ2v) is 6.31. The summed E-state index contributed by atoms with van der Waals surface area (Å²) in [5, 5.41) is 11.8. The topological polar surface area (TPSA) is 63.0 Å². The average molecular weight is 360 g/mol. The number of thioether (sulfide) groups is 1. The third kappa shape index (κ3) is 4.59. The first-order chi connectivity index (χ1) is 11.7. The number of ether oxygens (including phenoxy) is 1. The standard InChI is InChI=1S/C17H14ClN3O2S/c18-15-7-2-1-5-13(15)10-23-14-6-3-4-12(8-14)9-19-21-17-20-16(22)11-24-17/h1-9H,10-11H2,(H,20,21,22). The number of amides is 1. The van der Waals surface area contributed by atoms with E-state index in [-0.39, 0.29) is 5.91 Å². The van der Waals surface area contributed by atoms with E-state index in [0.717, 1.165) is 16.9 Å². The molecule has 0 unspecified atom stereocenters. The number of amidine groups is 1. The van der Waals surface area contributed by atoms with E-state index in [0.29, 0.717) is 22.6 Å². The van der Waals surface area contributed by atoms with Crippen molar-refractivity contribution < 1.29 is 9.53 Å². The summed E-state index contributed by atoms with van der Waals surface area (Å²) in [6.45, 7) is 0.394. The Labute approximate surface area is 148 Å². The maximum atomic E-state index is 11.1. The number of benzene rings is 2. The molecule has 0 saturated carbocycles. The summed E-state index contributed by atoms with van der Waals surface area (Å²) in [6.07, 6.45) is 1.61. The molecule has 1 aliphatic rings. The predicted molar refractivity (Wildman–Crippen MR) is 97.9 cm³/mol. The Hall–Kier alpha value is -2.31. The van der Waals surface area contributed by atoms with E-state index in [1.54, 1.807) is 6.21 Å². The van der Waals surface area contributed by atoms with Crippen molar-refractivity contribution in [3.63, 3.8) is 0 Å². The van der Waals surface area contributed by atoms with E-state index in [1.807, 2.05) is 48.5 Å². The molecule has 0 bridgehead atoms. The summed E-state index contributed by atoms with van der Waals surface area (Å²) in [4.78, 5) is 11.1. The van der Waals surface area contributed by atoms with Gasteiger partial charge in [-0.05, 0) is 23.8 Å². The minimum Gasteiger partial charge on any atom is -0.489 e. The molecule has 2 aromatic carbocycles. The fourth-order valence-electron chi connectivity index (χ4n) is 1.99. The fourth-order valence-corrected chi connectivity index (χ4v) is 2.81. The van der Waals surface area contributed by atoms with Crippen LogP contribution in [0.4, 0.5) is 0 Å². The largest absolute Gasteiger partial charge is 0.489 e. The summed E-state index contributed by atoms with van der Waals surface area (Å²) >= 11 is 7.45. The van der Waals surface area contributed by atoms with E-state index in [1.165, 1.54) is 11.8 Å². The van der Waals surface area contributed by atoms with Gasteiger partial charge in [0.25, 0.3) is 0 Å². The Balaban J connectivity index is 1.62. The smallest absolute Gasteiger partial charge is 0.236 e. The molecule has 1 saturated heterocycles. The first-order valence-corrected chi connectivity index (χ1v) is 8.57. The zero-order valence-corrected chi connectivity index (χ0v) is 14.2. The highest BCUT2D eigenvalue weighted by atomic mass is 35.5. The summed E-state index contributed by atoms with van der Waals surface area (Å²) in [5.74, 6) is 1.05. The molecule has 0 spiro atoms. The third-order valence-corrected chi connectivity index (χ3v) is 4.38. The minimum atomic E-state index is -0.0519. The number of carbonyl (C=O) groups excluding carboxylic acids is 1. The lowest BCUT2D eigenvalue weighted by atomic mass is 10.2. The van der Waals surface area contributed by atoms with Crippen LogP contribution in [0.3, 0.4) is 0 Å². The zero-order chi connectivity index (χ0) is 16.8. The van der Waals surface area contributed by atoms with Crippen LogP contribution in [-0.2, 0) is 11.4 Å². The molecule has 5 nitrogen and oxygen atoms in total. The molecule has 0 aliphatic carbocycles. The van der Waals surface area contributed by atoms with Crippen LogP contribution in [0.2, 0.25) is 5.02 Å². The Bertz CT molecular complexity index is 808. The van der Waals surface area contributed by atoms with E-state index < -0.39 is 0 Å². The Morgan fingerprint density at radius 2 is 2.12 bits per heavy atom. The van der Waals surface area contributed by atoms with Gasteiger partial charge in [0, 0.05) is 10.6 Å². The lowest BCUT2D eigenvalue weighted by molar-refractivity contribution is -0.116. The van der Waals surface area contributed by atoms with Crippen LogP contribution in [0.1, 0.15) is 11.1 Å². The van der Waals surface area contributed by atoms with Crippen molar-refractivity contribution in [2.24, 2.45) is 10.2 Å². The predicted octanol–water partition coefficient (Wildman–Crippen LogP) is 3.47. The molecule has 122 valence electrons. The second kappa shape index (κ2) is 7.99. The number of nitrogens with zero attached hydrogens (tertiary/aromatic N) is 2. The van der Waals surface area contributed by atoms with Crippen LogP contribution >= 0.6 is 23.4 Å². The van der Waals surface area contributed by atoms with E-state index in [4.69, 9.17) is 16.3 Å². The summed E-state index contributed by atoms with van der Waals surface area (Å²) in [6, 6.07) is 15.1. The molecule has 2 aromatic rings. The van der Waals surface area contributed by atoms with Crippen LogP contribution in [-0.4, -0.2) is 23.0 Å². The molecule has 1 amide bonds. The SMILES string of the molecule is O=C1CSC(=NN=Cc2cccc(OCc3ccccc3Cl)c2)N1. The number of carbonyl (C=O) groups is 1. The van der Waals surface area contributed by atoms with Gasteiger partial charge in [0.15, 0.2) is 5.17 Å². The lowest BCUT2D eigenvalue weighted by Gasteiger charge is -2.08. The zero-order valence-electron chi connectivity index (χ0n) is 12.6. The monoisotopic (exact) mass is 359 g/mol. The van der Waals surface area contributed by atoms with Crippen molar-refractivity contribution >= 4 is 40.7 Å². The maximum Gasteiger partial charge on any atom is 0.236 e. The van der Waals surface area contributed by atoms with Crippen LogP contribution < -0.4 is 10.1 Å². The van der Waals surface area contributed by atoms with Crippen molar-refractivity contribution in [3.8, 4) is 5.75 Å². The van der Waals surface area contributed by atoms with E-state index in [9.17, 15) is 4.79 Å². The highest BCUT2D eigenvalue weighted by Gasteiger charge is 2.15. The number of nitrogens with one attached hydrogen (secondary N) is 1. The van der Waals surface area contributed by atoms with Crippen LogP contribution in [0.5, 0.6) is 5.75 Å². The second-order valence-electron chi connectivity index (χ2n) is 4.94. The number of rotatable bonds is 5. The van der Waals surface area contributed by atoms with Crippen molar-refractivity contribution in [3.05, 3.63) is 64.7 Å². The molecule has 1 aliphatic heterocycles. The summed E-state index contributed by atoms with van der Waals surface area (Å²) in [7, 11) is 0. The van der Waals surface area contributed by atoms with Crippen LogP contribution in [0.15, 0.2) is 58.7 Å². The molecule has 1 fully saturated rings. The van der Waals surface area contributed by atoms with Crippen molar-refractivity contribution in [1.29, 1.82) is 0 Å². The maximum absolute atomic E-state index is 11.1. The molecule has 0 aromatic heterocycles. The first-order valence-electron chi connectivity index (χ1n) is 7.21.